The van der Waals surface area contributed by atoms with Crippen LogP contribution in [0.5, 0.6) is 11.5 Å². The molecule has 0 bridgehead atoms. The summed E-state index contributed by atoms with van der Waals surface area (Å²) in [4.78, 5) is 2.15. The van der Waals surface area contributed by atoms with Gasteiger partial charge in [0.15, 0.2) is 11.5 Å². The Morgan fingerprint density at radius 3 is 2.67 bits per heavy atom. The number of nitrogens with one attached hydrogen (secondary N) is 1. The van der Waals surface area contributed by atoms with Crippen LogP contribution in [0, 0.1) is 5.41 Å². The van der Waals surface area contributed by atoms with Crippen LogP contribution in [0.4, 0.5) is 5.69 Å². The molecule has 0 radical (unpaired) electrons. The van der Waals surface area contributed by atoms with Crippen LogP contribution < -0.4 is 14.4 Å². The third kappa shape index (κ3) is 3.20. The average Bonchev–Trinajstić information content (AvgIpc) is 3.01. The SMILES string of the molecule is COc1ccc(N2C=CC(=N)CC2)cc1OC1CCCC1. The van der Waals surface area contributed by atoms with Crippen molar-refractivity contribution in [3.05, 3.63) is 30.5 Å². The molecule has 3 rings (SSSR count). The molecule has 1 fully saturated rings. The number of hydrogen-bond donors (Lipinski definition) is 1. The lowest BCUT2D eigenvalue weighted by molar-refractivity contribution is 0.201. The Bertz CT molecular complexity index is 548. The van der Waals surface area contributed by atoms with E-state index in [0.29, 0.717) is 11.8 Å². The van der Waals surface area contributed by atoms with E-state index in [1.54, 1.807) is 7.11 Å². The molecule has 0 spiro atoms. The number of hydrogen-bond acceptors (Lipinski definition) is 4. The Balaban J connectivity index is 1.81. The first kappa shape index (κ1) is 14.0. The maximum atomic E-state index is 7.64. The van der Waals surface area contributed by atoms with E-state index < -0.39 is 0 Å². The molecular weight excluding hydrogens is 264 g/mol. The van der Waals surface area contributed by atoms with Gasteiger partial charge in [-0.1, -0.05) is 0 Å². The average molecular weight is 286 g/mol. The van der Waals surface area contributed by atoms with Crippen molar-refractivity contribution in [2.75, 3.05) is 18.6 Å². The molecule has 1 N–H and O–H groups in total. The number of benzene rings is 1. The van der Waals surface area contributed by atoms with Crippen LogP contribution in [-0.2, 0) is 0 Å². The molecule has 2 aliphatic rings. The number of rotatable bonds is 4. The lowest BCUT2D eigenvalue weighted by Gasteiger charge is -2.25. The summed E-state index contributed by atoms with van der Waals surface area (Å²) in [6, 6.07) is 6.06. The molecule has 21 heavy (non-hydrogen) atoms. The lowest BCUT2D eigenvalue weighted by atomic mass is 10.1. The largest absolute Gasteiger partial charge is 0.493 e. The van der Waals surface area contributed by atoms with Crippen LogP contribution >= 0.6 is 0 Å². The van der Waals surface area contributed by atoms with Crippen molar-refractivity contribution in [1.29, 1.82) is 5.41 Å². The van der Waals surface area contributed by atoms with Crippen molar-refractivity contribution in [1.82, 2.24) is 0 Å². The Morgan fingerprint density at radius 2 is 2.00 bits per heavy atom. The second-order valence-corrected chi connectivity index (χ2v) is 5.64. The smallest absolute Gasteiger partial charge is 0.163 e. The lowest BCUT2D eigenvalue weighted by Crippen LogP contribution is -2.23. The zero-order valence-corrected chi connectivity index (χ0v) is 12.5. The summed E-state index contributed by atoms with van der Waals surface area (Å²) >= 11 is 0. The Morgan fingerprint density at radius 1 is 1.19 bits per heavy atom. The van der Waals surface area contributed by atoms with Gasteiger partial charge in [-0.15, -0.1) is 0 Å². The van der Waals surface area contributed by atoms with Gasteiger partial charge in [0, 0.05) is 36.6 Å². The Hall–Kier alpha value is -1.97. The molecule has 4 nitrogen and oxygen atoms in total. The van der Waals surface area contributed by atoms with Crippen LogP contribution in [0.1, 0.15) is 32.1 Å². The number of methoxy groups -OCH3 is 1. The normalized spacial score (nSPS) is 19.1. The summed E-state index contributed by atoms with van der Waals surface area (Å²) < 4.78 is 11.6. The highest BCUT2D eigenvalue weighted by Gasteiger charge is 2.19. The Labute approximate surface area is 125 Å². The van der Waals surface area contributed by atoms with E-state index in [9.17, 15) is 0 Å². The van der Waals surface area contributed by atoms with Gasteiger partial charge in [-0.3, -0.25) is 0 Å². The first-order valence-corrected chi connectivity index (χ1v) is 7.63. The van der Waals surface area contributed by atoms with Gasteiger partial charge >= 0.3 is 0 Å². The summed E-state index contributed by atoms with van der Waals surface area (Å²) in [6.45, 7) is 0.838. The number of allylic oxidation sites excluding steroid dienone is 1. The van der Waals surface area contributed by atoms with E-state index in [1.807, 2.05) is 24.4 Å². The minimum Gasteiger partial charge on any atom is -0.493 e. The molecule has 0 saturated heterocycles. The van der Waals surface area contributed by atoms with Crippen LogP contribution in [0.3, 0.4) is 0 Å². The van der Waals surface area contributed by atoms with Gasteiger partial charge in [0.05, 0.1) is 13.2 Å². The van der Waals surface area contributed by atoms with E-state index in [0.717, 1.165) is 43.0 Å². The highest BCUT2D eigenvalue weighted by Crippen LogP contribution is 2.35. The first-order chi connectivity index (χ1) is 10.3. The van der Waals surface area contributed by atoms with Gasteiger partial charge in [-0.05, 0) is 43.9 Å². The van der Waals surface area contributed by atoms with Crippen molar-refractivity contribution in [2.45, 2.75) is 38.2 Å². The predicted octanol–water partition coefficient (Wildman–Crippen LogP) is 3.76. The van der Waals surface area contributed by atoms with Crippen LogP contribution in [0.15, 0.2) is 30.5 Å². The van der Waals surface area contributed by atoms with Crippen LogP contribution in [-0.4, -0.2) is 25.5 Å². The zero-order chi connectivity index (χ0) is 14.7. The van der Waals surface area contributed by atoms with Gasteiger partial charge in [0.2, 0.25) is 0 Å². The van der Waals surface area contributed by atoms with E-state index >= 15 is 0 Å². The highest BCUT2D eigenvalue weighted by molar-refractivity contribution is 5.94. The zero-order valence-electron chi connectivity index (χ0n) is 12.5. The van der Waals surface area contributed by atoms with Crippen LogP contribution in [0.2, 0.25) is 0 Å². The van der Waals surface area contributed by atoms with E-state index in [-0.39, 0.29) is 0 Å². The van der Waals surface area contributed by atoms with E-state index in [2.05, 4.69) is 11.0 Å². The molecule has 1 heterocycles. The molecule has 1 aliphatic carbocycles. The quantitative estimate of drug-likeness (QED) is 0.916. The minimum absolute atomic E-state index is 0.319. The molecule has 1 aliphatic heterocycles. The summed E-state index contributed by atoms with van der Waals surface area (Å²) in [5.74, 6) is 1.62. The molecule has 1 saturated carbocycles. The molecular formula is C17H22N2O2. The van der Waals surface area contributed by atoms with Crippen molar-refractivity contribution >= 4 is 11.4 Å². The Kier molecular flexibility index (Phi) is 4.13. The molecule has 0 atom stereocenters. The molecule has 0 amide bonds. The molecule has 1 aromatic rings. The van der Waals surface area contributed by atoms with Crippen molar-refractivity contribution in [3.8, 4) is 11.5 Å². The second-order valence-electron chi connectivity index (χ2n) is 5.64. The summed E-state index contributed by atoms with van der Waals surface area (Å²) in [7, 11) is 1.68. The van der Waals surface area contributed by atoms with Crippen molar-refractivity contribution in [3.63, 3.8) is 0 Å². The molecule has 0 aromatic heterocycles. The molecule has 1 aromatic carbocycles. The number of ether oxygens (including phenoxy) is 2. The second kappa shape index (κ2) is 6.20. The topological polar surface area (TPSA) is 45.5 Å². The summed E-state index contributed by atoms with van der Waals surface area (Å²) in [6.07, 6.45) is 9.69. The van der Waals surface area contributed by atoms with Gasteiger partial charge in [0.25, 0.3) is 0 Å². The first-order valence-electron chi connectivity index (χ1n) is 7.63. The van der Waals surface area contributed by atoms with Crippen molar-refractivity contribution in [2.24, 2.45) is 0 Å². The number of nitrogens with zero attached hydrogens (tertiary/aromatic N) is 1. The maximum Gasteiger partial charge on any atom is 0.163 e. The monoisotopic (exact) mass is 286 g/mol. The van der Waals surface area contributed by atoms with E-state index in [1.165, 1.54) is 12.8 Å². The molecule has 0 unspecified atom stereocenters. The number of anilines is 1. The summed E-state index contributed by atoms with van der Waals surface area (Å²) in [5.41, 5.74) is 1.77. The van der Waals surface area contributed by atoms with Gasteiger partial charge in [0.1, 0.15) is 0 Å². The third-order valence-corrected chi connectivity index (χ3v) is 4.15. The van der Waals surface area contributed by atoms with Crippen molar-refractivity contribution < 1.29 is 9.47 Å². The van der Waals surface area contributed by atoms with Crippen LogP contribution in [0.25, 0.3) is 0 Å². The third-order valence-electron chi connectivity index (χ3n) is 4.15. The highest BCUT2D eigenvalue weighted by atomic mass is 16.5. The van der Waals surface area contributed by atoms with Gasteiger partial charge in [-0.2, -0.15) is 0 Å². The molecule has 4 heteroatoms. The summed E-state index contributed by atoms with van der Waals surface area (Å²) in [5, 5.41) is 7.64. The standard InChI is InChI=1S/C17H22N2O2/c1-20-16-7-6-14(19-10-8-13(18)9-11-19)12-17(16)21-15-4-2-3-5-15/h6-8,10,12,15,18H,2-5,9,11H2,1H3. The minimum atomic E-state index is 0.319. The van der Waals surface area contributed by atoms with E-state index in [4.69, 9.17) is 14.9 Å². The predicted molar refractivity (Wildman–Crippen MR) is 84.7 cm³/mol. The molecule has 112 valence electrons. The van der Waals surface area contributed by atoms with Gasteiger partial charge in [-0.25, -0.2) is 0 Å². The fourth-order valence-corrected chi connectivity index (χ4v) is 2.92. The maximum absolute atomic E-state index is 7.64. The van der Waals surface area contributed by atoms with Gasteiger partial charge < -0.3 is 19.8 Å². The fraction of sp³-hybridized carbons (Fsp3) is 0.471. The fourth-order valence-electron chi connectivity index (χ4n) is 2.92.